The fourth-order valence-electron chi connectivity index (χ4n) is 0. The van der Waals surface area contributed by atoms with Gasteiger partial charge in [0, 0.05) is 48.1 Å². The zero-order valence-corrected chi connectivity index (χ0v) is 12.1. The summed E-state index contributed by atoms with van der Waals surface area (Å²) in [4.78, 5) is 0. The topological polar surface area (TPSA) is 80.9 Å². The van der Waals surface area contributed by atoms with E-state index in [1.165, 1.54) is 0 Å². The van der Waals surface area contributed by atoms with Crippen LogP contribution in [0.3, 0.4) is 0 Å². The molecule has 0 unspecified atom stereocenters. The summed E-state index contributed by atoms with van der Waals surface area (Å²) in [6.07, 6.45) is 1.75. The van der Waals surface area contributed by atoms with Crippen molar-refractivity contribution in [3.05, 3.63) is 0 Å². The van der Waals surface area contributed by atoms with E-state index in [2.05, 4.69) is 0 Å². The van der Waals surface area contributed by atoms with Gasteiger partial charge >= 0.3 is 0 Å². The molecule has 0 atom stereocenters. The molecule has 0 saturated carbocycles. The van der Waals surface area contributed by atoms with Crippen molar-refractivity contribution in [1.82, 2.24) is 0 Å². The van der Waals surface area contributed by atoms with Gasteiger partial charge in [-0.25, -0.2) is 0 Å². The quantitative estimate of drug-likeness (QED) is 0.553. The summed E-state index contributed by atoms with van der Waals surface area (Å²) in [5.74, 6) is 0. The Hall–Kier alpha value is 0.554. The number of hydrogen-bond donors (Lipinski definition) is 4. The van der Waals surface area contributed by atoms with Crippen molar-refractivity contribution in [3.63, 3.8) is 0 Å². The van der Waals surface area contributed by atoms with Crippen LogP contribution in [0.2, 0.25) is 0 Å². The normalized spacial score (nSPS) is 6.40. The van der Waals surface area contributed by atoms with Crippen molar-refractivity contribution < 1.29 is 42.1 Å². The van der Waals surface area contributed by atoms with Crippen molar-refractivity contribution in [3.8, 4) is 0 Å². The second kappa shape index (κ2) is 62.2. The van der Waals surface area contributed by atoms with Crippen LogP contribution in [0.4, 0.5) is 0 Å². The average Bonchev–Trinajstić information content (AvgIpc) is 2.20. The van der Waals surface area contributed by atoms with E-state index in [4.69, 9.17) is 20.4 Å². The third-order valence-electron chi connectivity index (χ3n) is 0.447. The number of aliphatic hydroxyl groups excluding tert-OH is 4. The van der Waals surface area contributed by atoms with E-state index < -0.39 is 0 Å². The molecule has 0 aromatic carbocycles. The van der Waals surface area contributed by atoms with Gasteiger partial charge in [-0.15, -0.1) is 0 Å². The van der Waals surface area contributed by atoms with Crippen LogP contribution in [0.1, 0.15) is 40.5 Å². The van der Waals surface area contributed by atoms with Gasteiger partial charge in [-0.2, -0.15) is 0 Å². The molecule has 15 heavy (non-hydrogen) atoms. The molecule has 0 heterocycles. The van der Waals surface area contributed by atoms with Gasteiger partial charge in [0.05, 0.1) is 0 Å². The first-order valence-electron chi connectivity index (χ1n) is 5.09. The average molecular weight is 260 g/mol. The molecule has 96 valence electrons. The molecular formula is C10H28O4Ti. The third-order valence-corrected chi connectivity index (χ3v) is 0.447. The Bertz CT molecular complexity index is 38.4. The van der Waals surface area contributed by atoms with Gasteiger partial charge in [0.15, 0.2) is 0 Å². The van der Waals surface area contributed by atoms with Crippen molar-refractivity contribution >= 4 is 0 Å². The molecule has 0 aromatic heterocycles. The van der Waals surface area contributed by atoms with Gasteiger partial charge in [-0.1, -0.05) is 13.8 Å². The summed E-state index contributed by atoms with van der Waals surface area (Å²) in [6, 6.07) is 0. The zero-order valence-electron chi connectivity index (χ0n) is 10.5. The molecule has 0 aromatic rings. The minimum atomic E-state index is 0. The van der Waals surface area contributed by atoms with Gasteiger partial charge in [0.1, 0.15) is 0 Å². The Balaban J connectivity index is -0.0000000293. The number of hydrogen-bond acceptors (Lipinski definition) is 4. The number of aliphatic hydroxyl groups is 4. The minimum absolute atomic E-state index is 0. The summed E-state index contributed by atoms with van der Waals surface area (Å²) in [5.41, 5.74) is 0. The van der Waals surface area contributed by atoms with Gasteiger partial charge in [0.25, 0.3) is 0 Å². The molecular weight excluding hydrogens is 232 g/mol. The van der Waals surface area contributed by atoms with Gasteiger partial charge in [0.2, 0.25) is 0 Å². The molecule has 0 aliphatic heterocycles. The summed E-state index contributed by atoms with van der Waals surface area (Å²) in [7, 11) is 0. The van der Waals surface area contributed by atoms with Crippen LogP contribution in [0.15, 0.2) is 0 Å². The zero-order chi connectivity index (χ0) is 12.2. The van der Waals surface area contributed by atoms with Gasteiger partial charge in [-0.05, 0) is 26.7 Å². The molecule has 0 fully saturated rings. The maximum atomic E-state index is 7.88. The summed E-state index contributed by atoms with van der Waals surface area (Å²) < 4.78 is 0. The molecule has 0 amide bonds. The van der Waals surface area contributed by atoms with E-state index >= 15 is 0 Å². The molecule has 4 N–H and O–H groups in total. The van der Waals surface area contributed by atoms with Crippen LogP contribution in [-0.4, -0.2) is 46.9 Å². The monoisotopic (exact) mass is 260 g/mol. The largest absolute Gasteiger partial charge is 0.397 e. The van der Waals surface area contributed by atoms with E-state index in [1.54, 1.807) is 13.8 Å². The van der Waals surface area contributed by atoms with Crippen molar-refractivity contribution in [2.75, 3.05) is 26.4 Å². The smallest absolute Gasteiger partial charge is 0.0428 e. The maximum absolute atomic E-state index is 7.88. The van der Waals surface area contributed by atoms with Crippen molar-refractivity contribution in [2.45, 2.75) is 40.5 Å². The minimum Gasteiger partial charge on any atom is -0.397 e. The van der Waals surface area contributed by atoms with Crippen molar-refractivity contribution in [2.24, 2.45) is 0 Å². The molecule has 5 heteroatoms. The van der Waals surface area contributed by atoms with Crippen LogP contribution in [0.5, 0.6) is 0 Å². The first-order valence-corrected chi connectivity index (χ1v) is 5.09. The molecule has 0 aliphatic rings. The van der Waals surface area contributed by atoms with Crippen molar-refractivity contribution in [1.29, 1.82) is 0 Å². The molecule has 0 aliphatic carbocycles. The van der Waals surface area contributed by atoms with Crippen LogP contribution in [0.25, 0.3) is 0 Å². The summed E-state index contributed by atoms with van der Waals surface area (Å²) >= 11 is 0. The summed E-state index contributed by atoms with van der Waals surface area (Å²) in [5, 5.41) is 30.9. The van der Waals surface area contributed by atoms with Gasteiger partial charge < -0.3 is 20.4 Å². The standard InChI is InChI=1S/2C3H8O.2C2H6O.Ti/c2*1-2-3-4;2*1-2-3;/h2*4H,2-3H2,1H3;2*3H,2H2,1H3;. The molecule has 0 saturated heterocycles. The van der Waals surface area contributed by atoms with E-state index in [0.29, 0.717) is 13.2 Å². The fraction of sp³-hybridized carbons (Fsp3) is 1.00. The van der Waals surface area contributed by atoms with Crippen LogP contribution in [-0.2, 0) is 21.7 Å². The first-order chi connectivity index (χ1) is 6.66. The van der Waals surface area contributed by atoms with E-state index in [9.17, 15) is 0 Å². The molecule has 0 bridgehead atoms. The van der Waals surface area contributed by atoms with Gasteiger partial charge in [-0.3, -0.25) is 0 Å². The van der Waals surface area contributed by atoms with E-state index in [1.807, 2.05) is 13.8 Å². The molecule has 0 radical (unpaired) electrons. The molecule has 0 rings (SSSR count). The van der Waals surface area contributed by atoms with Crippen LogP contribution in [0, 0.1) is 0 Å². The fourth-order valence-corrected chi connectivity index (χ4v) is 0. The number of rotatable bonds is 2. The molecule has 0 spiro atoms. The Labute approximate surface area is 109 Å². The Morgan fingerprint density at radius 3 is 0.667 bits per heavy atom. The Kier molecular flexibility index (Phi) is 123. The summed E-state index contributed by atoms with van der Waals surface area (Å²) in [6.45, 7) is 8.36. The predicted molar refractivity (Wildman–Crippen MR) is 60.3 cm³/mol. The van der Waals surface area contributed by atoms with Crippen LogP contribution >= 0.6 is 0 Å². The van der Waals surface area contributed by atoms with Crippen LogP contribution < -0.4 is 0 Å². The predicted octanol–water partition coefficient (Wildman–Crippen LogP) is 0.772. The second-order valence-electron chi connectivity index (χ2n) is 2.08. The van der Waals surface area contributed by atoms with E-state index in [-0.39, 0.29) is 34.9 Å². The molecule has 4 nitrogen and oxygen atoms in total. The third kappa shape index (κ3) is 352. The SMILES string of the molecule is CCCO.CCCO.CCO.CCO.[Ti]. The maximum Gasteiger partial charge on any atom is 0.0428 e. The van der Waals surface area contributed by atoms with E-state index in [0.717, 1.165) is 12.8 Å². The second-order valence-corrected chi connectivity index (χ2v) is 2.08. The first kappa shape index (κ1) is 29.6. The Morgan fingerprint density at radius 1 is 0.600 bits per heavy atom. The Morgan fingerprint density at radius 2 is 0.667 bits per heavy atom.